The molecule has 1 aromatic heterocycles. The molecule has 0 saturated carbocycles. The second kappa shape index (κ2) is 8.23. The van der Waals surface area contributed by atoms with E-state index in [0.717, 1.165) is 22.7 Å². The third-order valence-corrected chi connectivity index (χ3v) is 3.44. The van der Waals surface area contributed by atoms with E-state index in [0.29, 0.717) is 11.7 Å². The summed E-state index contributed by atoms with van der Waals surface area (Å²) in [6.45, 7) is 5.73. The van der Waals surface area contributed by atoms with Gasteiger partial charge in [-0.2, -0.15) is 5.10 Å². The molecule has 0 saturated heterocycles. The summed E-state index contributed by atoms with van der Waals surface area (Å²) in [4.78, 5) is 21.6. The lowest BCUT2D eigenvalue weighted by molar-refractivity contribution is -0.130. The van der Waals surface area contributed by atoms with E-state index in [4.69, 9.17) is 4.74 Å². The molecule has 1 heterocycles. The van der Waals surface area contributed by atoms with E-state index in [9.17, 15) is 4.79 Å². The van der Waals surface area contributed by atoms with Crippen LogP contribution in [0.4, 0.5) is 5.95 Å². The van der Waals surface area contributed by atoms with Crippen LogP contribution in [0.2, 0.25) is 0 Å². The molecule has 0 spiro atoms. The van der Waals surface area contributed by atoms with Crippen molar-refractivity contribution in [2.75, 3.05) is 26.1 Å². The molecule has 0 fully saturated rings. The predicted octanol–water partition coefficient (Wildman–Crippen LogP) is 2.40. The zero-order valence-corrected chi connectivity index (χ0v) is 15.2. The van der Waals surface area contributed by atoms with Crippen LogP contribution >= 0.6 is 0 Å². The molecule has 25 heavy (non-hydrogen) atoms. The van der Waals surface area contributed by atoms with Crippen molar-refractivity contribution in [1.82, 2.24) is 14.9 Å². The quantitative estimate of drug-likeness (QED) is 0.645. The number of likely N-dealkylation sites (N-methyl/N-ethyl adjacent to an activating group) is 1. The number of amides is 1. The highest BCUT2D eigenvalue weighted by atomic mass is 16.5. The van der Waals surface area contributed by atoms with Crippen LogP contribution in [-0.2, 0) is 4.79 Å². The molecule has 0 aliphatic heterocycles. The van der Waals surface area contributed by atoms with Crippen LogP contribution in [0, 0.1) is 13.8 Å². The van der Waals surface area contributed by atoms with Crippen LogP contribution in [0.15, 0.2) is 35.4 Å². The number of carbonyl (C=O) groups excluding carboxylic acids is 1. The summed E-state index contributed by atoms with van der Waals surface area (Å²) in [6.07, 6.45) is 0. The Balaban J connectivity index is 1.99. The Bertz CT molecular complexity index is 749. The molecule has 0 aliphatic carbocycles. The first-order valence-corrected chi connectivity index (χ1v) is 7.91. The number of nitrogens with one attached hydrogen (secondary N) is 1. The van der Waals surface area contributed by atoms with E-state index < -0.39 is 0 Å². The number of anilines is 1. The fraction of sp³-hybridized carbons (Fsp3) is 0.333. The normalized spacial score (nSPS) is 11.2. The highest BCUT2D eigenvalue weighted by molar-refractivity contribution is 5.99. The van der Waals surface area contributed by atoms with Crippen LogP contribution in [0.25, 0.3) is 0 Å². The Morgan fingerprint density at radius 1 is 1.16 bits per heavy atom. The highest BCUT2D eigenvalue weighted by Crippen LogP contribution is 2.13. The first kappa shape index (κ1) is 18.4. The predicted molar refractivity (Wildman–Crippen MR) is 98.0 cm³/mol. The third-order valence-electron chi connectivity index (χ3n) is 3.44. The van der Waals surface area contributed by atoms with Gasteiger partial charge in [0, 0.05) is 25.5 Å². The number of nitrogens with zero attached hydrogens (tertiary/aromatic N) is 4. The average Bonchev–Trinajstić information content (AvgIpc) is 2.57. The third kappa shape index (κ3) is 5.56. The Kier molecular flexibility index (Phi) is 6.05. The molecule has 1 aromatic carbocycles. The molecule has 2 rings (SSSR count). The summed E-state index contributed by atoms with van der Waals surface area (Å²) in [5.41, 5.74) is 6.37. The minimum absolute atomic E-state index is 0.0189. The van der Waals surface area contributed by atoms with Crippen molar-refractivity contribution in [3.63, 3.8) is 0 Å². The van der Waals surface area contributed by atoms with Gasteiger partial charge in [-0.25, -0.2) is 15.4 Å². The Labute approximate surface area is 147 Å². The zero-order valence-electron chi connectivity index (χ0n) is 15.2. The number of aromatic nitrogens is 2. The van der Waals surface area contributed by atoms with Crippen molar-refractivity contribution in [2.24, 2.45) is 5.10 Å². The topological polar surface area (TPSA) is 79.7 Å². The van der Waals surface area contributed by atoms with E-state index in [-0.39, 0.29) is 12.5 Å². The number of carbonyl (C=O) groups is 1. The van der Waals surface area contributed by atoms with Crippen LogP contribution < -0.4 is 10.2 Å². The first-order chi connectivity index (χ1) is 11.8. The molecule has 0 unspecified atom stereocenters. The lowest BCUT2D eigenvalue weighted by atomic mass is 10.1. The number of hydrogen-bond donors (Lipinski definition) is 1. The maximum absolute atomic E-state index is 11.5. The molecular weight excluding hydrogens is 318 g/mol. The van der Waals surface area contributed by atoms with E-state index >= 15 is 0 Å². The molecule has 0 bridgehead atoms. The highest BCUT2D eigenvalue weighted by Gasteiger charge is 2.05. The standard InChI is InChI=1S/C18H23N5O2/c1-12-10-13(2)20-18(19-12)22-21-14(3)15-6-8-16(9-7-15)25-11-17(24)23(4)5/h6-10H,11H2,1-5H3,(H,19,20,22)/b21-14-. The second-order valence-corrected chi connectivity index (χ2v) is 5.88. The maximum Gasteiger partial charge on any atom is 0.259 e. The van der Waals surface area contributed by atoms with Crippen molar-refractivity contribution in [2.45, 2.75) is 20.8 Å². The summed E-state index contributed by atoms with van der Waals surface area (Å²) in [7, 11) is 3.39. The molecule has 0 aliphatic rings. The lowest BCUT2D eigenvalue weighted by Crippen LogP contribution is -2.27. The largest absolute Gasteiger partial charge is 0.484 e. The number of benzene rings is 1. The number of rotatable bonds is 6. The summed E-state index contributed by atoms with van der Waals surface area (Å²) in [6, 6.07) is 9.30. The van der Waals surface area contributed by atoms with Crippen molar-refractivity contribution < 1.29 is 9.53 Å². The lowest BCUT2D eigenvalue weighted by Gasteiger charge is -2.11. The van der Waals surface area contributed by atoms with Gasteiger partial charge in [-0.05, 0) is 56.7 Å². The molecule has 2 aromatic rings. The maximum atomic E-state index is 11.5. The average molecular weight is 341 g/mol. The SMILES string of the molecule is C/C(=N/Nc1nc(C)cc(C)n1)c1ccc(OCC(=O)N(C)C)cc1. The molecule has 7 nitrogen and oxygen atoms in total. The number of hydrogen-bond acceptors (Lipinski definition) is 6. The van der Waals surface area contributed by atoms with Gasteiger partial charge in [0.15, 0.2) is 6.61 Å². The van der Waals surface area contributed by atoms with Crippen LogP contribution in [0.3, 0.4) is 0 Å². The molecule has 7 heteroatoms. The van der Waals surface area contributed by atoms with Gasteiger partial charge in [-0.15, -0.1) is 0 Å². The summed E-state index contributed by atoms with van der Waals surface area (Å²) >= 11 is 0. The molecule has 0 atom stereocenters. The molecule has 0 radical (unpaired) electrons. The van der Waals surface area contributed by atoms with Crippen molar-refractivity contribution in [3.05, 3.63) is 47.3 Å². The Morgan fingerprint density at radius 2 is 1.76 bits per heavy atom. The first-order valence-electron chi connectivity index (χ1n) is 7.91. The van der Waals surface area contributed by atoms with Gasteiger partial charge in [0.05, 0.1) is 5.71 Å². The number of hydrazone groups is 1. The molecule has 132 valence electrons. The monoisotopic (exact) mass is 341 g/mol. The minimum Gasteiger partial charge on any atom is -0.484 e. The number of aryl methyl sites for hydroxylation is 2. The van der Waals surface area contributed by atoms with E-state index in [1.807, 2.05) is 51.1 Å². The van der Waals surface area contributed by atoms with Crippen molar-refractivity contribution in [1.29, 1.82) is 0 Å². The van der Waals surface area contributed by atoms with E-state index in [1.165, 1.54) is 4.90 Å². The van der Waals surface area contributed by atoms with Gasteiger partial charge >= 0.3 is 0 Å². The van der Waals surface area contributed by atoms with E-state index in [2.05, 4.69) is 20.5 Å². The van der Waals surface area contributed by atoms with Crippen molar-refractivity contribution >= 4 is 17.6 Å². The van der Waals surface area contributed by atoms with Gasteiger partial charge in [-0.3, -0.25) is 4.79 Å². The van der Waals surface area contributed by atoms with Crippen LogP contribution in [-0.4, -0.2) is 47.2 Å². The van der Waals surface area contributed by atoms with Crippen molar-refractivity contribution in [3.8, 4) is 5.75 Å². The molecular formula is C18H23N5O2. The summed E-state index contributed by atoms with van der Waals surface area (Å²) < 4.78 is 5.45. The van der Waals surface area contributed by atoms with Gasteiger partial charge in [0.25, 0.3) is 5.91 Å². The summed E-state index contributed by atoms with van der Waals surface area (Å²) in [5, 5.41) is 4.31. The van der Waals surface area contributed by atoms with E-state index in [1.54, 1.807) is 14.1 Å². The van der Waals surface area contributed by atoms with Crippen LogP contribution in [0.1, 0.15) is 23.9 Å². The minimum atomic E-state index is -0.0838. The smallest absolute Gasteiger partial charge is 0.259 e. The van der Waals surface area contributed by atoms with Gasteiger partial charge in [-0.1, -0.05) is 0 Å². The molecule has 1 N–H and O–H groups in total. The fourth-order valence-electron chi connectivity index (χ4n) is 2.04. The fourth-order valence-corrected chi connectivity index (χ4v) is 2.04. The second-order valence-electron chi connectivity index (χ2n) is 5.88. The number of ether oxygens (including phenoxy) is 1. The Hall–Kier alpha value is -2.96. The zero-order chi connectivity index (χ0) is 18.4. The van der Waals surface area contributed by atoms with Crippen LogP contribution in [0.5, 0.6) is 5.75 Å². The van der Waals surface area contributed by atoms with Gasteiger partial charge in [0.2, 0.25) is 5.95 Å². The van der Waals surface area contributed by atoms with Gasteiger partial charge in [0.1, 0.15) is 5.75 Å². The summed E-state index contributed by atoms with van der Waals surface area (Å²) in [5.74, 6) is 1.02. The Morgan fingerprint density at radius 3 is 2.32 bits per heavy atom. The molecule has 1 amide bonds. The van der Waals surface area contributed by atoms with Gasteiger partial charge < -0.3 is 9.64 Å².